The van der Waals surface area contributed by atoms with Gasteiger partial charge in [0.1, 0.15) is 5.82 Å². The van der Waals surface area contributed by atoms with Gasteiger partial charge in [-0.1, -0.05) is 12.1 Å². The summed E-state index contributed by atoms with van der Waals surface area (Å²) in [6.07, 6.45) is -0.166. The molecule has 138 valence electrons. The third-order valence-corrected chi connectivity index (χ3v) is 3.92. The van der Waals surface area contributed by atoms with E-state index in [0.717, 1.165) is 6.07 Å². The molecule has 0 saturated carbocycles. The molecule has 0 radical (unpaired) electrons. The van der Waals surface area contributed by atoms with Crippen LogP contribution in [0, 0.1) is 5.82 Å². The standard InChI is InChI=1S/C16H11F4N7/c17-12-9(3-1-4-11(12)16(18,19)20)8-27-14-10(7-23-27)13(24-15(21)25-14)26-6-2-5-22-26/h1-7H,8H2,(H2,21,24,25). The normalized spacial score (nSPS) is 12.0. The summed E-state index contributed by atoms with van der Waals surface area (Å²) in [5.74, 6) is -1.06. The van der Waals surface area contributed by atoms with Crippen LogP contribution in [-0.2, 0) is 12.7 Å². The molecular formula is C16H11F4N7. The van der Waals surface area contributed by atoms with Crippen LogP contribution in [0.25, 0.3) is 16.9 Å². The van der Waals surface area contributed by atoms with Crippen molar-refractivity contribution in [2.75, 3.05) is 5.73 Å². The van der Waals surface area contributed by atoms with Gasteiger partial charge in [0.15, 0.2) is 11.5 Å². The first-order valence-corrected chi connectivity index (χ1v) is 7.68. The predicted octanol–water partition coefficient (Wildman–Crippen LogP) is 2.80. The maximum absolute atomic E-state index is 14.3. The maximum atomic E-state index is 14.3. The summed E-state index contributed by atoms with van der Waals surface area (Å²) in [7, 11) is 0. The zero-order chi connectivity index (χ0) is 19.2. The molecule has 1 aromatic carbocycles. The zero-order valence-corrected chi connectivity index (χ0v) is 13.5. The van der Waals surface area contributed by atoms with E-state index in [1.807, 2.05) is 0 Å². The van der Waals surface area contributed by atoms with E-state index in [4.69, 9.17) is 5.73 Å². The quantitative estimate of drug-likeness (QED) is 0.555. The number of nitrogens with zero attached hydrogens (tertiary/aromatic N) is 6. The lowest BCUT2D eigenvalue weighted by Crippen LogP contribution is -2.12. The number of hydrogen-bond donors (Lipinski definition) is 1. The molecule has 0 fully saturated rings. The monoisotopic (exact) mass is 377 g/mol. The van der Waals surface area contributed by atoms with Crippen molar-refractivity contribution in [2.45, 2.75) is 12.7 Å². The molecule has 11 heteroatoms. The Labute approximate surface area is 149 Å². The van der Waals surface area contributed by atoms with Gasteiger partial charge in [-0.05, 0) is 12.1 Å². The number of anilines is 1. The molecule has 0 bridgehead atoms. The average molecular weight is 377 g/mol. The van der Waals surface area contributed by atoms with Gasteiger partial charge < -0.3 is 5.73 Å². The molecule has 0 atom stereocenters. The Hall–Kier alpha value is -3.50. The lowest BCUT2D eigenvalue weighted by Gasteiger charge is -2.11. The Balaban J connectivity index is 1.81. The molecule has 0 saturated heterocycles. The van der Waals surface area contributed by atoms with Crippen molar-refractivity contribution in [3.63, 3.8) is 0 Å². The molecule has 3 heterocycles. The lowest BCUT2D eigenvalue weighted by atomic mass is 10.1. The molecule has 3 aromatic heterocycles. The van der Waals surface area contributed by atoms with E-state index >= 15 is 0 Å². The highest BCUT2D eigenvalue weighted by Gasteiger charge is 2.34. The van der Waals surface area contributed by atoms with Crippen molar-refractivity contribution >= 4 is 17.0 Å². The summed E-state index contributed by atoms with van der Waals surface area (Å²) >= 11 is 0. The van der Waals surface area contributed by atoms with Crippen LogP contribution in [0.15, 0.2) is 42.9 Å². The van der Waals surface area contributed by atoms with Crippen LogP contribution in [0.4, 0.5) is 23.5 Å². The number of halogens is 4. The lowest BCUT2D eigenvalue weighted by molar-refractivity contribution is -0.140. The summed E-state index contributed by atoms with van der Waals surface area (Å²) in [5, 5.41) is 8.65. The summed E-state index contributed by atoms with van der Waals surface area (Å²) in [6.45, 7) is -0.256. The second-order valence-corrected chi connectivity index (χ2v) is 5.67. The van der Waals surface area contributed by atoms with Gasteiger partial charge in [-0.2, -0.15) is 33.3 Å². The van der Waals surface area contributed by atoms with Crippen molar-refractivity contribution in [1.82, 2.24) is 29.5 Å². The van der Waals surface area contributed by atoms with E-state index in [1.54, 1.807) is 18.5 Å². The highest BCUT2D eigenvalue weighted by molar-refractivity contribution is 5.83. The van der Waals surface area contributed by atoms with Crippen molar-refractivity contribution < 1.29 is 17.6 Å². The average Bonchev–Trinajstić information content (AvgIpc) is 3.25. The fraction of sp³-hybridized carbons (Fsp3) is 0.125. The molecular weight excluding hydrogens is 366 g/mol. The van der Waals surface area contributed by atoms with E-state index < -0.39 is 17.6 Å². The number of nitrogen functional groups attached to an aromatic ring is 1. The fourth-order valence-electron chi connectivity index (χ4n) is 2.72. The van der Waals surface area contributed by atoms with Crippen LogP contribution in [0.5, 0.6) is 0 Å². The van der Waals surface area contributed by atoms with Crippen LogP contribution in [0.1, 0.15) is 11.1 Å². The highest BCUT2D eigenvalue weighted by atomic mass is 19.4. The summed E-state index contributed by atoms with van der Waals surface area (Å²) < 4.78 is 55.8. The van der Waals surface area contributed by atoms with E-state index in [-0.39, 0.29) is 23.7 Å². The maximum Gasteiger partial charge on any atom is 0.419 e. The van der Waals surface area contributed by atoms with Gasteiger partial charge in [0.25, 0.3) is 0 Å². The SMILES string of the molecule is Nc1nc(-n2cccn2)c2cnn(Cc3cccc(C(F)(F)F)c3F)c2n1. The number of hydrogen-bond acceptors (Lipinski definition) is 5. The highest BCUT2D eigenvalue weighted by Crippen LogP contribution is 2.32. The first-order chi connectivity index (χ1) is 12.8. The van der Waals surface area contributed by atoms with Crippen molar-refractivity contribution in [3.05, 3.63) is 59.8 Å². The van der Waals surface area contributed by atoms with Crippen LogP contribution in [0.2, 0.25) is 0 Å². The van der Waals surface area contributed by atoms with Gasteiger partial charge in [0.2, 0.25) is 5.95 Å². The summed E-state index contributed by atoms with van der Waals surface area (Å²) in [5.41, 5.74) is 4.49. The first-order valence-electron chi connectivity index (χ1n) is 7.68. The van der Waals surface area contributed by atoms with Crippen LogP contribution in [-0.4, -0.2) is 29.5 Å². The Bertz CT molecular complexity index is 1120. The topological polar surface area (TPSA) is 87.4 Å². The predicted molar refractivity (Wildman–Crippen MR) is 87.4 cm³/mol. The Morgan fingerprint density at radius 1 is 1.07 bits per heavy atom. The molecule has 4 aromatic rings. The van der Waals surface area contributed by atoms with Gasteiger partial charge in [-0.25, -0.2) is 13.8 Å². The smallest absolute Gasteiger partial charge is 0.368 e. The minimum Gasteiger partial charge on any atom is -0.368 e. The second kappa shape index (κ2) is 6.04. The van der Waals surface area contributed by atoms with Gasteiger partial charge >= 0.3 is 6.18 Å². The Kier molecular flexibility index (Phi) is 3.79. The minimum absolute atomic E-state index is 0.0701. The third kappa shape index (κ3) is 2.96. The van der Waals surface area contributed by atoms with Crippen LogP contribution < -0.4 is 5.73 Å². The molecule has 0 aliphatic heterocycles. The number of alkyl halides is 3. The summed E-state index contributed by atoms with van der Waals surface area (Å²) in [6, 6.07) is 4.78. The zero-order valence-electron chi connectivity index (χ0n) is 13.5. The van der Waals surface area contributed by atoms with Crippen LogP contribution >= 0.6 is 0 Å². The molecule has 4 rings (SSSR count). The number of fused-ring (bicyclic) bond motifs is 1. The molecule has 0 unspecified atom stereocenters. The van der Waals surface area contributed by atoms with Gasteiger partial charge in [0.05, 0.1) is 23.7 Å². The van der Waals surface area contributed by atoms with Gasteiger partial charge in [-0.3, -0.25) is 0 Å². The second-order valence-electron chi connectivity index (χ2n) is 5.67. The molecule has 0 spiro atoms. The Morgan fingerprint density at radius 3 is 2.59 bits per heavy atom. The molecule has 0 amide bonds. The molecule has 2 N–H and O–H groups in total. The minimum atomic E-state index is -4.79. The van der Waals surface area contributed by atoms with Crippen LogP contribution in [0.3, 0.4) is 0 Å². The number of rotatable bonds is 3. The van der Waals surface area contributed by atoms with Crippen molar-refractivity contribution in [2.24, 2.45) is 0 Å². The fourth-order valence-corrected chi connectivity index (χ4v) is 2.72. The van der Waals surface area contributed by atoms with Crippen molar-refractivity contribution in [1.29, 1.82) is 0 Å². The number of benzene rings is 1. The van der Waals surface area contributed by atoms with E-state index in [1.165, 1.54) is 21.6 Å². The molecule has 0 aliphatic rings. The number of aromatic nitrogens is 6. The Morgan fingerprint density at radius 2 is 1.89 bits per heavy atom. The largest absolute Gasteiger partial charge is 0.419 e. The molecule has 27 heavy (non-hydrogen) atoms. The third-order valence-electron chi connectivity index (χ3n) is 3.92. The van der Waals surface area contributed by atoms with E-state index in [0.29, 0.717) is 17.3 Å². The molecule has 0 aliphatic carbocycles. The van der Waals surface area contributed by atoms with E-state index in [2.05, 4.69) is 20.2 Å². The van der Waals surface area contributed by atoms with E-state index in [9.17, 15) is 17.6 Å². The summed E-state index contributed by atoms with van der Waals surface area (Å²) in [4.78, 5) is 8.20. The first kappa shape index (κ1) is 16.9. The molecule has 7 nitrogen and oxygen atoms in total. The van der Waals surface area contributed by atoms with Gasteiger partial charge in [-0.15, -0.1) is 0 Å². The van der Waals surface area contributed by atoms with Crippen molar-refractivity contribution in [3.8, 4) is 5.82 Å². The number of nitrogens with two attached hydrogens (primary N) is 1. The van der Waals surface area contributed by atoms with Gasteiger partial charge in [0, 0.05) is 18.0 Å².